The van der Waals surface area contributed by atoms with Gasteiger partial charge in [0.1, 0.15) is 4.75 Å². The molecule has 124 valence electrons. The lowest BCUT2D eigenvalue weighted by molar-refractivity contribution is 0.531. The van der Waals surface area contributed by atoms with Gasteiger partial charge in [-0.05, 0) is 57.2 Å². The first kappa shape index (κ1) is 18.1. The van der Waals surface area contributed by atoms with Gasteiger partial charge in [0, 0.05) is 11.4 Å². The first-order valence-electron chi connectivity index (χ1n) is 8.17. The summed E-state index contributed by atoms with van der Waals surface area (Å²) < 4.78 is 15.1. The smallest absolute Gasteiger partial charge is 0.136 e. The molecule has 0 heterocycles. The van der Waals surface area contributed by atoms with Crippen LogP contribution in [0.5, 0.6) is 0 Å². The minimum absolute atomic E-state index is 0.0817. The third-order valence-corrected chi connectivity index (χ3v) is 5.54. The summed E-state index contributed by atoms with van der Waals surface area (Å²) in [6.45, 7) is 8.00. The molecule has 2 rings (SSSR count). The van der Waals surface area contributed by atoms with Crippen LogP contribution >= 0.6 is 0 Å². The van der Waals surface area contributed by atoms with Crippen LogP contribution in [0.15, 0.2) is 54.6 Å². The first-order chi connectivity index (χ1) is 10.9. The zero-order valence-electron chi connectivity index (χ0n) is 14.5. The number of benzene rings is 2. The molecule has 0 unspecified atom stereocenters. The standard InChI is InChI=1S/C20H27NOS/c1-16(21-23(22)20(2,3)4)19-14-12-18(13-15-19)11-10-17-8-6-5-7-9-17/h5-9,12-16,21H,10-11H2,1-4H3/t16-,23-/m0/s1. The molecule has 2 aromatic carbocycles. The summed E-state index contributed by atoms with van der Waals surface area (Å²) in [6, 6.07) is 19.3. The van der Waals surface area contributed by atoms with Crippen LogP contribution in [0.2, 0.25) is 0 Å². The number of hydrogen-bond acceptors (Lipinski definition) is 2. The van der Waals surface area contributed by atoms with Crippen LogP contribution in [0.3, 0.4) is 0 Å². The van der Waals surface area contributed by atoms with Crippen LogP contribution in [-0.4, -0.2) is 9.30 Å². The predicted octanol–water partition coefficient (Wildman–Crippen LogP) is 4.58. The van der Waals surface area contributed by atoms with Gasteiger partial charge in [-0.3, -0.25) is 0 Å². The normalized spacial score (nSPS) is 14.5. The van der Waals surface area contributed by atoms with Crippen molar-refractivity contribution >= 4 is 11.4 Å². The molecule has 0 saturated carbocycles. The second kappa shape index (κ2) is 8.00. The summed E-state index contributed by atoms with van der Waals surface area (Å²) in [6.07, 6.45) is 2.10. The van der Waals surface area contributed by atoms with Crippen molar-refractivity contribution < 1.29 is 4.55 Å². The lowest BCUT2D eigenvalue weighted by atomic mass is 10.0. The Morgan fingerprint density at radius 3 is 1.96 bits per heavy atom. The van der Waals surface area contributed by atoms with Crippen LogP contribution in [0.1, 0.15) is 50.4 Å². The van der Waals surface area contributed by atoms with Gasteiger partial charge in [0.05, 0.1) is 6.04 Å². The van der Waals surface area contributed by atoms with E-state index in [1.807, 2.05) is 26.8 Å². The lowest BCUT2D eigenvalue weighted by Gasteiger charge is -2.26. The fraction of sp³-hybridized carbons (Fsp3) is 0.400. The molecule has 0 bridgehead atoms. The molecular weight excluding hydrogens is 302 g/mol. The van der Waals surface area contributed by atoms with Crippen molar-refractivity contribution in [3.8, 4) is 0 Å². The van der Waals surface area contributed by atoms with E-state index in [9.17, 15) is 4.55 Å². The fourth-order valence-corrected chi connectivity index (χ4v) is 3.12. The highest BCUT2D eigenvalue weighted by atomic mass is 32.2. The molecule has 0 radical (unpaired) electrons. The summed E-state index contributed by atoms with van der Waals surface area (Å²) in [7, 11) is 0. The average molecular weight is 330 g/mol. The molecule has 0 aliphatic carbocycles. The van der Waals surface area contributed by atoms with E-state index in [2.05, 4.69) is 60.2 Å². The number of nitrogens with one attached hydrogen (secondary N) is 1. The molecule has 2 nitrogen and oxygen atoms in total. The Morgan fingerprint density at radius 1 is 0.913 bits per heavy atom. The number of hydrogen-bond donors (Lipinski definition) is 1. The van der Waals surface area contributed by atoms with Crippen LogP contribution in [0.25, 0.3) is 0 Å². The fourth-order valence-electron chi connectivity index (χ4n) is 2.31. The molecule has 0 aliphatic rings. The van der Waals surface area contributed by atoms with E-state index in [-0.39, 0.29) is 10.8 Å². The maximum absolute atomic E-state index is 12.2. The Balaban J connectivity index is 1.91. The van der Waals surface area contributed by atoms with Gasteiger partial charge in [0.2, 0.25) is 0 Å². The van der Waals surface area contributed by atoms with Crippen molar-refractivity contribution in [2.45, 2.75) is 51.3 Å². The van der Waals surface area contributed by atoms with E-state index in [0.717, 1.165) is 12.8 Å². The monoisotopic (exact) mass is 329 g/mol. The van der Waals surface area contributed by atoms with Gasteiger partial charge in [-0.25, -0.2) is 0 Å². The SMILES string of the molecule is C[C@H](N[S@@+]([O-])C(C)(C)C)c1ccc(CCc2ccccc2)cc1. The first-order valence-corrected chi connectivity index (χ1v) is 9.32. The summed E-state index contributed by atoms with van der Waals surface area (Å²) in [5.41, 5.74) is 3.87. The zero-order valence-corrected chi connectivity index (χ0v) is 15.3. The van der Waals surface area contributed by atoms with E-state index in [1.165, 1.54) is 16.7 Å². The van der Waals surface area contributed by atoms with Crippen LogP contribution in [0, 0.1) is 0 Å². The van der Waals surface area contributed by atoms with Crippen LogP contribution in [-0.2, 0) is 24.2 Å². The van der Waals surface area contributed by atoms with E-state index < -0.39 is 11.4 Å². The average Bonchev–Trinajstić information content (AvgIpc) is 2.53. The third kappa shape index (κ3) is 5.69. The van der Waals surface area contributed by atoms with Gasteiger partial charge in [-0.15, -0.1) is 4.72 Å². The summed E-state index contributed by atoms with van der Waals surface area (Å²) in [5, 5.41) is 0. The van der Waals surface area contributed by atoms with E-state index >= 15 is 0 Å². The van der Waals surface area contributed by atoms with Crippen molar-refractivity contribution in [1.29, 1.82) is 0 Å². The largest absolute Gasteiger partial charge is 0.598 e. The Hall–Kier alpha value is -1.29. The quantitative estimate of drug-likeness (QED) is 0.787. The molecule has 3 heteroatoms. The van der Waals surface area contributed by atoms with E-state index in [0.29, 0.717) is 0 Å². The second-order valence-corrected chi connectivity index (χ2v) is 8.95. The Bertz CT molecular complexity index is 589. The highest BCUT2D eigenvalue weighted by Gasteiger charge is 2.28. The molecule has 1 N–H and O–H groups in total. The van der Waals surface area contributed by atoms with Gasteiger partial charge in [0.25, 0.3) is 0 Å². The van der Waals surface area contributed by atoms with Crippen LogP contribution in [0.4, 0.5) is 0 Å². The summed E-state index contributed by atoms with van der Waals surface area (Å²) >= 11 is -1.05. The Morgan fingerprint density at radius 2 is 1.43 bits per heavy atom. The van der Waals surface area contributed by atoms with Crippen LogP contribution < -0.4 is 4.72 Å². The molecule has 0 aliphatic heterocycles. The summed E-state index contributed by atoms with van der Waals surface area (Å²) in [5.74, 6) is 0. The molecule has 0 amide bonds. The van der Waals surface area contributed by atoms with Crippen molar-refractivity contribution in [3.63, 3.8) is 0 Å². The Kier molecular flexibility index (Phi) is 6.28. The topological polar surface area (TPSA) is 35.1 Å². The lowest BCUT2D eigenvalue weighted by Crippen LogP contribution is -2.40. The van der Waals surface area contributed by atoms with Crippen molar-refractivity contribution in [1.82, 2.24) is 4.72 Å². The van der Waals surface area contributed by atoms with Gasteiger partial charge in [0.15, 0.2) is 0 Å². The highest BCUT2D eigenvalue weighted by molar-refractivity contribution is 7.90. The van der Waals surface area contributed by atoms with E-state index in [4.69, 9.17) is 0 Å². The molecule has 0 aromatic heterocycles. The van der Waals surface area contributed by atoms with Crippen molar-refractivity contribution in [3.05, 3.63) is 71.3 Å². The van der Waals surface area contributed by atoms with Gasteiger partial charge in [-0.2, -0.15) is 0 Å². The van der Waals surface area contributed by atoms with Crippen molar-refractivity contribution in [2.75, 3.05) is 0 Å². The minimum Gasteiger partial charge on any atom is -0.598 e. The molecule has 23 heavy (non-hydrogen) atoms. The van der Waals surface area contributed by atoms with E-state index in [1.54, 1.807) is 0 Å². The zero-order chi connectivity index (χ0) is 16.9. The summed E-state index contributed by atoms with van der Waals surface area (Å²) in [4.78, 5) is 0. The van der Waals surface area contributed by atoms with Gasteiger partial charge < -0.3 is 4.55 Å². The maximum atomic E-state index is 12.2. The second-order valence-electron chi connectivity index (χ2n) is 6.95. The molecule has 0 saturated heterocycles. The number of rotatable bonds is 6. The maximum Gasteiger partial charge on any atom is 0.136 e. The minimum atomic E-state index is -1.05. The van der Waals surface area contributed by atoms with Gasteiger partial charge >= 0.3 is 0 Å². The molecule has 0 fully saturated rings. The predicted molar refractivity (Wildman–Crippen MR) is 99.7 cm³/mol. The highest BCUT2D eigenvalue weighted by Crippen LogP contribution is 2.20. The third-order valence-electron chi connectivity index (χ3n) is 3.86. The number of aryl methyl sites for hydroxylation is 2. The Labute approximate surface area is 143 Å². The molecule has 0 spiro atoms. The molecule has 2 atom stereocenters. The molecule has 2 aromatic rings. The van der Waals surface area contributed by atoms with Crippen molar-refractivity contribution in [2.24, 2.45) is 0 Å². The molecular formula is C20H27NOS. The van der Waals surface area contributed by atoms with Gasteiger partial charge in [-0.1, -0.05) is 54.6 Å².